The van der Waals surface area contributed by atoms with Gasteiger partial charge in [-0.1, -0.05) is 0 Å². The summed E-state index contributed by atoms with van der Waals surface area (Å²) in [4.78, 5) is 22.4. The average Bonchev–Trinajstić information content (AvgIpc) is 2.13. The van der Waals surface area contributed by atoms with E-state index in [0.717, 1.165) is 0 Å². The lowest BCUT2D eigenvalue weighted by Gasteiger charge is -2.18. The van der Waals surface area contributed by atoms with Crippen molar-refractivity contribution >= 4 is 11.9 Å². The molecule has 0 amide bonds. The van der Waals surface area contributed by atoms with Gasteiger partial charge in [-0.25, -0.2) is 0 Å². The van der Waals surface area contributed by atoms with Gasteiger partial charge in [-0.2, -0.15) is 0 Å². The van der Waals surface area contributed by atoms with Gasteiger partial charge in [0.15, 0.2) is 0 Å². The lowest BCUT2D eigenvalue weighted by molar-refractivity contribution is -0.156. The van der Waals surface area contributed by atoms with Gasteiger partial charge in [0, 0.05) is 0 Å². The van der Waals surface area contributed by atoms with Gasteiger partial charge >= 0.3 is 11.9 Å². The highest BCUT2D eigenvalue weighted by Gasteiger charge is 2.24. The van der Waals surface area contributed by atoms with Crippen molar-refractivity contribution in [3.63, 3.8) is 0 Å². The monoisotopic (exact) mass is 262 g/mol. The van der Waals surface area contributed by atoms with Crippen molar-refractivity contribution in [2.24, 2.45) is 0 Å². The van der Waals surface area contributed by atoms with Gasteiger partial charge in [0.2, 0.25) is 0 Å². The van der Waals surface area contributed by atoms with Gasteiger partial charge in [0.05, 0.1) is 37.3 Å². The number of carbonyl (C=O) groups excluding carboxylic acids is 2. The highest BCUT2D eigenvalue weighted by molar-refractivity contribution is 5.72. The van der Waals surface area contributed by atoms with E-state index >= 15 is 0 Å². The molecule has 0 aliphatic rings. The number of ether oxygens (including phenoxy) is 2. The molecule has 0 radical (unpaired) electrons. The van der Waals surface area contributed by atoms with E-state index in [-0.39, 0.29) is 25.0 Å². The third-order valence-electron chi connectivity index (χ3n) is 1.93. The topological polar surface area (TPSA) is 93.1 Å². The molecular weight excluding hydrogens is 240 g/mol. The van der Waals surface area contributed by atoms with Crippen molar-refractivity contribution < 1.29 is 29.3 Å². The Kier molecular flexibility index (Phi) is 7.54. The first-order valence-corrected chi connectivity index (χ1v) is 5.97. The number of carbonyl (C=O) groups is 2. The van der Waals surface area contributed by atoms with Crippen molar-refractivity contribution in [2.75, 3.05) is 0 Å². The molecule has 6 nitrogen and oxygen atoms in total. The van der Waals surface area contributed by atoms with Gasteiger partial charge in [-0.3, -0.25) is 9.59 Å². The van der Waals surface area contributed by atoms with Crippen LogP contribution in [0.2, 0.25) is 0 Å². The van der Waals surface area contributed by atoms with Gasteiger partial charge in [-0.05, 0) is 27.7 Å². The van der Waals surface area contributed by atoms with Gasteiger partial charge in [0.1, 0.15) is 0 Å². The third kappa shape index (κ3) is 8.03. The van der Waals surface area contributed by atoms with E-state index in [4.69, 9.17) is 9.47 Å². The Morgan fingerprint density at radius 1 is 0.833 bits per heavy atom. The predicted molar refractivity (Wildman–Crippen MR) is 63.7 cm³/mol. The Morgan fingerprint density at radius 2 is 1.11 bits per heavy atom. The maximum Gasteiger partial charge on any atom is 0.308 e. The van der Waals surface area contributed by atoms with Crippen LogP contribution >= 0.6 is 0 Å². The molecular formula is C12H22O6. The second-order valence-corrected chi connectivity index (χ2v) is 4.62. The van der Waals surface area contributed by atoms with Crippen LogP contribution < -0.4 is 0 Å². The van der Waals surface area contributed by atoms with Crippen LogP contribution in [-0.2, 0) is 19.1 Å². The maximum atomic E-state index is 11.2. The van der Waals surface area contributed by atoms with E-state index in [1.165, 1.54) is 0 Å². The second kappa shape index (κ2) is 8.05. The Morgan fingerprint density at radius 3 is 1.33 bits per heavy atom. The first-order chi connectivity index (χ1) is 8.22. The second-order valence-electron chi connectivity index (χ2n) is 4.62. The number of hydrogen-bond acceptors (Lipinski definition) is 6. The van der Waals surface area contributed by atoms with Crippen LogP contribution in [0.15, 0.2) is 0 Å². The lowest BCUT2D eigenvalue weighted by Crippen LogP contribution is -2.32. The predicted octanol–water partition coefficient (Wildman–Crippen LogP) is 0.392. The fourth-order valence-electron chi connectivity index (χ4n) is 1.24. The summed E-state index contributed by atoms with van der Waals surface area (Å²) in [6.45, 7) is 6.73. The smallest absolute Gasteiger partial charge is 0.308 e. The number of rotatable bonds is 7. The average molecular weight is 262 g/mol. The Labute approximate surface area is 107 Å². The molecule has 0 aromatic rings. The van der Waals surface area contributed by atoms with Crippen LogP contribution in [0, 0.1) is 0 Å². The minimum absolute atomic E-state index is 0.284. The van der Waals surface area contributed by atoms with Crippen molar-refractivity contribution in [2.45, 2.75) is 65.0 Å². The minimum Gasteiger partial charge on any atom is -0.463 e. The molecule has 0 spiro atoms. The molecule has 0 fully saturated rings. The molecule has 0 unspecified atom stereocenters. The Bertz CT molecular complexity index is 246. The van der Waals surface area contributed by atoms with Crippen LogP contribution in [0.3, 0.4) is 0 Å². The Hall–Kier alpha value is -1.14. The van der Waals surface area contributed by atoms with Crippen LogP contribution in [-0.4, -0.2) is 46.6 Å². The number of hydrogen-bond donors (Lipinski definition) is 2. The molecule has 0 aliphatic carbocycles. The quantitative estimate of drug-likeness (QED) is 0.645. The van der Waals surface area contributed by atoms with E-state index in [2.05, 4.69) is 0 Å². The molecule has 106 valence electrons. The van der Waals surface area contributed by atoms with Crippen molar-refractivity contribution in [1.82, 2.24) is 0 Å². The summed E-state index contributed by atoms with van der Waals surface area (Å²) < 4.78 is 9.63. The summed E-state index contributed by atoms with van der Waals surface area (Å²) in [6.07, 6.45) is -3.95. The summed E-state index contributed by atoms with van der Waals surface area (Å²) in [5.41, 5.74) is 0. The highest BCUT2D eigenvalue weighted by atomic mass is 16.5. The molecule has 0 bridgehead atoms. The largest absolute Gasteiger partial charge is 0.463 e. The molecule has 6 heteroatoms. The van der Waals surface area contributed by atoms with E-state index < -0.39 is 24.1 Å². The van der Waals surface area contributed by atoms with Crippen molar-refractivity contribution in [3.05, 3.63) is 0 Å². The summed E-state index contributed by atoms with van der Waals surface area (Å²) >= 11 is 0. The van der Waals surface area contributed by atoms with E-state index in [1.807, 2.05) is 0 Å². The summed E-state index contributed by atoms with van der Waals surface area (Å²) in [5.74, 6) is -1.23. The fraction of sp³-hybridized carbons (Fsp3) is 0.833. The summed E-state index contributed by atoms with van der Waals surface area (Å²) in [7, 11) is 0. The standard InChI is InChI=1S/C12H22O6/c1-7(2)17-11(15)5-9(13)10(14)6-12(16)18-8(3)4/h7-10,13-14H,5-6H2,1-4H3/t9-,10-/m1/s1. The number of esters is 2. The zero-order valence-corrected chi connectivity index (χ0v) is 11.3. The molecule has 0 aromatic heterocycles. The van der Waals surface area contributed by atoms with Gasteiger partial charge in [0.25, 0.3) is 0 Å². The summed E-state index contributed by atoms with van der Waals surface area (Å²) in [6, 6.07) is 0. The highest BCUT2D eigenvalue weighted by Crippen LogP contribution is 2.07. The van der Waals surface area contributed by atoms with E-state index in [1.54, 1.807) is 27.7 Å². The maximum absolute atomic E-state index is 11.2. The van der Waals surface area contributed by atoms with Crippen LogP contribution in [0.5, 0.6) is 0 Å². The summed E-state index contributed by atoms with van der Waals surface area (Å²) in [5, 5.41) is 19.1. The zero-order valence-electron chi connectivity index (χ0n) is 11.3. The van der Waals surface area contributed by atoms with E-state index in [0.29, 0.717) is 0 Å². The first kappa shape index (κ1) is 16.9. The van der Waals surface area contributed by atoms with Crippen LogP contribution in [0.4, 0.5) is 0 Å². The van der Waals surface area contributed by atoms with Crippen molar-refractivity contribution in [3.8, 4) is 0 Å². The molecule has 2 N–H and O–H groups in total. The zero-order chi connectivity index (χ0) is 14.3. The molecule has 0 aromatic carbocycles. The molecule has 0 saturated heterocycles. The normalized spacial score (nSPS) is 14.4. The van der Waals surface area contributed by atoms with E-state index in [9.17, 15) is 19.8 Å². The molecule has 2 atom stereocenters. The fourth-order valence-corrected chi connectivity index (χ4v) is 1.24. The first-order valence-electron chi connectivity index (χ1n) is 5.97. The molecule has 0 aliphatic heterocycles. The molecule has 0 saturated carbocycles. The van der Waals surface area contributed by atoms with Gasteiger partial charge < -0.3 is 19.7 Å². The number of aliphatic hydroxyl groups is 2. The molecule has 0 rings (SSSR count). The lowest BCUT2D eigenvalue weighted by atomic mass is 10.1. The number of aliphatic hydroxyl groups excluding tert-OH is 2. The third-order valence-corrected chi connectivity index (χ3v) is 1.93. The van der Waals surface area contributed by atoms with Crippen LogP contribution in [0.25, 0.3) is 0 Å². The minimum atomic E-state index is -1.34. The Balaban J connectivity index is 4.06. The SMILES string of the molecule is CC(C)OC(=O)C[C@@H](O)[C@H](O)CC(=O)OC(C)C. The van der Waals surface area contributed by atoms with Crippen LogP contribution in [0.1, 0.15) is 40.5 Å². The van der Waals surface area contributed by atoms with Crippen molar-refractivity contribution in [1.29, 1.82) is 0 Å². The molecule has 18 heavy (non-hydrogen) atoms. The van der Waals surface area contributed by atoms with Gasteiger partial charge in [-0.15, -0.1) is 0 Å². The molecule has 0 heterocycles.